The van der Waals surface area contributed by atoms with Crippen LogP contribution in [-0.2, 0) is 16.0 Å². The first-order valence-corrected chi connectivity index (χ1v) is 12.9. The number of anilines is 1. The molecule has 2 heterocycles. The minimum Gasteiger partial charge on any atom is -0.379 e. The van der Waals surface area contributed by atoms with Crippen molar-refractivity contribution in [2.75, 3.05) is 51.3 Å². The smallest absolute Gasteiger partial charge is 0.319 e. The molecule has 3 amide bonds. The number of hydrogen-bond donors (Lipinski definition) is 2. The van der Waals surface area contributed by atoms with Crippen LogP contribution in [0.4, 0.5) is 14.9 Å². The van der Waals surface area contributed by atoms with Crippen LogP contribution in [0.25, 0.3) is 0 Å². The van der Waals surface area contributed by atoms with Crippen LogP contribution in [0.1, 0.15) is 30.4 Å². The van der Waals surface area contributed by atoms with Gasteiger partial charge in [-0.1, -0.05) is 18.2 Å². The molecule has 2 saturated heterocycles. The van der Waals surface area contributed by atoms with E-state index in [1.807, 2.05) is 17.0 Å². The van der Waals surface area contributed by atoms with Gasteiger partial charge in [0.05, 0.1) is 30.9 Å². The molecule has 196 valence electrons. The van der Waals surface area contributed by atoms with Crippen molar-refractivity contribution in [1.29, 1.82) is 5.26 Å². The van der Waals surface area contributed by atoms with Crippen LogP contribution in [0, 0.1) is 23.1 Å². The number of carbonyl (C=O) groups is 2. The zero-order valence-corrected chi connectivity index (χ0v) is 21.0. The molecule has 8 nitrogen and oxygen atoms in total. The fraction of sp³-hybridized carbons (Fsp3) is 0.464. The van der Waals surface area contributed by atoms with Gasteiger partial charge in [-0.05, 0) is 61.1 Å². The Morgan fingerprint density at radius 1 is 1.14 bits per heavy atom. The van der Waals surface area contributed by atoms with Gasteiger partial charge in [0.25, 0.3) is 0 Å². The highest BCUT2D eigenvalue weighted by atomic mass is 19.1. The number of piperidine rings is 1. The van der Waals surface area contributed by atoms with Gasteiger partial charge in [-0.2, -0.15) is 5.26 Å². The minimum atomic E-state index is -0.408. The van der Waals surface area contributed by atoms with E-state index in [9.17, 15) is 14.0 Å². The summed E-state index contributed by atoms with van der Waals surface area (Å²) in [5.74, 6) is 0.100. The molecule has 0 spiro atoms. The summed E-state index contributed by atoms with van der Waals surface area (Å²) >= 11 is 0. The second-order valence-corrected chi connectivity index (χ2v) is 9.78. The molecule has 2 unspecified atom stereocenters. The number of halogens is 1. The largest absolute Gasteiger partial charge is 0.379 e. The number of nitriles is 1. The molecule has 0 aromatic heterocycles. The Morgan fingerprint density at radius 2 is 1.92 bits per heavy atom. The topological polar surface area (TPSA) is 97.7 Å². The van der Waals surface area contributed by atoms with Gasteiger partial charge in [0.15, 0.2) is 0 Å². The average Bonchev–Trinajstić information content (AvgIpc) is 2.90. The first kappa shape index (κ1) is 26.6. The van der Waals surface area contributed by atoms with Gasteiger partial charge in [-0.15, -0.1) is 0 Å². The van der Waals surface area contributed by atoms with E-state index >= 15 is 0 Å². The Morgan fingerprint density at radius 3 is 2.68 bits per heavy atom. The monoisotopic (exact) mass is 507 g/mol. The number of ether oxygens (including phenoxy) is 1. The maximum Gasteiger partial charge on any atom is 0.319 e. The molecule has 2 atom stereocenters. The number of urea groups is 1. The van der Waals surface area contributed by atoms with Crippen molar-refractivity contribution in [3.8, 4) is 6.07 Å². The number of amides is 3. The molecule has 2 fully saturated rings. The first-order valence-electron chi connectivity index (χ1n) is 12.9. The van der Waals surface area contributed by atoms with E-state index in [-0.39, 0.29) is 24.2 Å². The lowest BCUT2D eigenvalue weighted by atomic mass is 9.91. The summed E-state index contributed by atoms with van der Waals surface area (Å²) in [7, 11) is 0. The van der Waals surface area contributed by atoms with Gasteiger partial charge < -0.3 is 20.3 Å². The van der Waals surface area contributed by atoms with E-state index in [0.29, 0.717) is 50.0 Å². The molecule has 0 saturated carbocycles. The second-order valence-electron chi connectivity index (χ2n) is 9.78. The number of morpholine rings is 1. The van der Waals surface area contributed by atoms with Crippen molar-refractivity contribution in [1.82, 2.24) is 15.1 Å². The second kappa shape index (κ2) is 13.2. The number of hydrogen-bond acceptors (Lipinski definition) is 5. The van der Waals surface area contributed by atoms with Crippen LogP contribution in [0.15, 0.2) is 48.5 Å². The predicted molar refractivity (Wildman–Crippen MR) is 138 cm³/mol. The van der Waals surface area contributed by atoms with Crippen LogP contribution in [-0.4, -0.2) is 73.7 Å². The summed E-state index contributed by atoms with van der Waals surface area (Å²) < 4.78 is 18.7. The van der Waals surface area contributed by atoms with Gasteiger partial charge in [0.2, 0.25) is 5.91 Å². The SMILES string of the molecule is N#Cc1cccc(NC(=O)NC(CC(=O)N2CCCC(Cc3ccc(F)cc3)C2)CN2CCOCC2)c1. The fourth-order valence-electron chi connectivity index (χ4n) is 5.03. The standard InChI is InChI=1S/C28H34FN5O3/c29-24-8-6-21(7-9-24)15-23-4-2-10-34(19-23)27(35)17-26(20-33-11-13-37-14-12-33)32-28(36)31-25-5-1-3-22(16-25)18-30/h1,3,5-9,16,23,26H,2,4,10-15,17,19-20H2,(H2,31,32,36). The van der Waals surface area contributed by atoms with Gasteiger partial charge in [0.1, 0.15) is 5.82 Å². The first-order chi connectivity index (χ1) is 18.0. The Bertz CT molecular complexity index is 1100. The summed E-state index contributed by atoms with van der Waals surface area (Å²) in [6, 6.07) is 14.6. The number of nitrogens with zero attached hydrogens (tertiary/aromatic N) is 3. The molecular formula is C28H34FN5O3. The molecule has 2 aliphatic rings. The highest BCUT2D eigenvalue weighted by molar-refractivity contribution is 5.90. The van der Waals surface area contributed by atoms with Crippen LogP contribution in [0.2, 0.25) is 0 Å². The summed E-state index contributed by atoms with van der Waals surface area (Å²) in [5, 5.41) is 14.9. The molecule has 2 aromatic rings. The van der Waals surface area contributed by atoms with Gasteiger partial charge in [0, 0.05) is 44.8 Å². The number of benzene rings is 2. The lowest BCUT2D eigenvalue weighted by molar-refractivity contribution is -0.133. The molecule has 2 aliphatic heterocycles. The van der Waals surface area contributed by atoms with Crippen molar-refractivity contribution in [3.05, 3.63) is 65.5 Å². The lowest BCUT2D eigenvalue weighted by Gasteiger charge is -2.35. The third kappa shape index (κ3) is 8.27. The summed E-state index contributed by atoms with van der Waals surface area (Å²) in [4.78, 5) is 30.2. The van der Waals surface area contributed by atoms with E-state index in [1.54, 1.807) is 24.3 Å². The molecule has 2 aromatic carbocycles. The normalized spacial score (nSPS) is 19.0. The average molecular weight is 508 g/mol. The van der Waals surface area contributed by atoms with E-state index in [1.165, 1.54) is 12.1 Å². The third-order valence-corrected chi connectivity index (χ3v) is 6.90. The van der Waals surface area contributed by atoms with Crippen molar-refractivity contribution in [2.45, 2.75) is 31.7 Å². The van der Waals surface area contributed by atoms with Crippen LogP contribution < -0.4 is 10.6 Å². The number of rotatable bonds is 8. The fourth-order valence-corrected chi connectivity index (χ4v) is 5.03. The lowest BCUT2D eigenvalue weighted by Crippen LogP contribution is -2.51. The van der Waals surface area contributed by atoms with Crippen LogP contribution in [0.3, 0.4) is 0 Å². The minimum absolute atomic E-state index is 0.0221. The summed E-state index contributed by atoms with van der Waals surface area (Å²) in [6.45, 7) is 4.68. The van der Waals surface area contributed by atoms with E-state index < -0.39 is 6.03 Å². The number of nitrogens with one attached hydrogen (secondary N) is 2. The Kier molecular flexibility index (Phi) is 9.46. The zero-order chi connectivity index (χ0) is 26.0. The van der Waals surface area contributed by atoms with Crippen molar-refractivity contribution >= 4 is 17.6 Å². The van der Waals surface area contributed by atoms with Crippen LogP contribution in [0.5, 0.6) is 0 Å². The van der Waals surface area contributed by atoms with Crippen LogP contribution >= 0.6 is 0 Å². The molecule has 2 N–H and O–H groups in total. The number of likely N-dealkylation sites (tertiary alicyclic amines) is 1. The maximum absolute atomic E-state index is 13.3. The molecule has 9 heteroatoms. The van der Waals surface area contributed by atoms with Gasteiger partial charge >= 0.3 is 6.03 Å². The van der Waals surface area contributed by atoms with Crippen molar-refractivity contribution < 1.29 is 18.7 Å². The van der Waals surface area contributed by atoms with Crippen molar-refractivity contribution in [3.63, 3.8) is 0 Å². The quantitative estimate of drug-likeness (QED) is 0.571. The molecule has 0 radical (unpaired) electrons. The van der Waals surface area contributed by atoms with E-state index in [0.717, 1.165) is 37.9 Å². The highest BCUT2D eigenvalue weighted by Crippen LogP contribution is 2.22. The Labute approximate surface area is 217 Å². The molecule has 0 aliphatic carbocycles. The summed E-state index contributed by atoms with van der Waals surface area (Å²) in [6.07, 6.45) is 2.96. The Hall–Kier alpha value is -3.48. The van der Waals surface area contributed by atoms with Gasteiger partial charge in [-0.3, -0.25) is 9.69 Å². The zero-order valence-electron chi connectivity index (χ0n) is 21.0. The summed E-state index contributed by atoms with van der Waals surface area (Å²) in [5.41, 5.74) is 2.05. The predicted octanol–water partition coefficient (Wildman–Crippen LogP) is 3.39. The van der Waals surface area contributed by atoms with E-state index in [2.05, 4.69) is 21.6 Å². The highest BCUT2D eigenvalue weighted by Gasteiger charge is 2.28. The molecule has 4 rings (SSSR count). The maximum atomic E-state index is 13.3. The third-order valence-electron chi connectivity index (χ3n) is 6.90. The van der Waals surface area contributed by atoms with Crippen molar-refractivity contribution in [2.24, 2.45) is 5.92 Å². The molecule has 0 bridgehead atoms. The van der Waals surface area contributed by atoms with E-state index in [4.69, 9.17) is 10.00 Å². The molecular weight excluding hydrogens is 473 g/mol. The molecule has 37 heavy (non-hydrogen) atoms. The number of carbonyl (C=O) groups excluding carboxylic acids is 2. The Balaban J connectivity index is 1.36. The van der Waals surface area contributed by atoms with Gasteiger partial charge in [-0.25, -0.2) is 9.18 Å².